The monoisotopic (exact) mass is 437 g/mol. The van der Waals surface area contributed by atoms with E-state index in [1.165, 1.54) is 17.4 Å². The first-order valence-corrected chi connectivity index (χ1v) is 10.7. The van der Waals surface area contributed by atoms with E-state index in [1.54, 1.807) is 6.07 Å². The van der Waals surface area contributed by atoms with Crippen LogP contribution in [0.2, 0.25) is 0 Å². The van der Waals surface area contributed by atoms with Crippen LogP contribution >= 0.6 is 11.3 Å². The number of rotatable bonds is 8. The number of aromatic nitrogens is 4. The number of amides is 1. The Kier molecular flexibility index (Phi) is 6.10. The van der Waals surface area contributed by atoms with E-state index in [0.717, 1.165) is 24.0 Å². The van der Waals surface area contributed by atoms with Crippen LogP contribution < -0.4 is 16.2 Å². The summed E-state index contributed by atoms with van der Waals surface area (Å²) in [5.41, 5.74) is 2.54. The molecule has 3 aromatic heterocycles. The molecule has 160 valence electrons. The molecular formula is C21H23N7O2S. The van der Waals surface area contributed by atoms with E-state index in [1.807, 2.05) is 43.7 Å². The SMILES string of the molecule is CN(C)CCCNc1nc(-c2ccc3nc(NC(=O)c4cccs4)[nH]c3c2)cc(=O)[nH]1. The third-order valence-electron chi connectivity index (χ3n) is 4.57. The Morgan fingerprint density at radius 1 is 1.13 bits per heavy atom. The minimum atomic E-state index is -0.228. The van der Waals surface area contributed by atoms with E-state index in [4.69, 9.17) is 0 Å². The van der Waals surface area contributed by atoms with Gasteiger partial charge in [0.05, 0.1) is 21.6 Å². The maximum atomic E-state index is 12.2. The van der Waals surface area contributed by atoms with Crippen LogP contribution in [0.1, 0.15) is 16.1 Å². The van der Waals surface area contributed by atoms with E-state index >= 15 is 0 Å². The summed E-state index contributed by atoms with van der Waals surface area (Å²) in [6, 6.07) is 10.6. The van der Waals surface area contributed by atoms with Crippen LogP contribution in [-0.4, -0.2) is 57.9 Å². The molecule has 31 heavy (non-hydrogen) atoms. The quantitative estimate of drug-likeness (QED) is 0.315. The predicted octanol–water partition coefficient (Wildman–Crippen LogP) is 2.99. The number of imidazole rings is 1. The number of aromatic amines is 2. The van der Waals surface area contributed by atoms with Crippen molar-refractivity contribution >= 4 is 40.2 Å². The molecule has 0 radical (unpaired) electrons. The Morgan fingerprint density at radius 3 is 2.77 bits per heavy atom. The minimum Gasteiger partial charge on any atom is -0.356 e. The summed E-state index contributed by atoms with van der Waals surface area (Å²) in [5, 5.41) is 7.78. The topological polar surface area (TPSA) is 119 Å². The van der Waals surface area contributed by atoms with Crippen molar-refractivity contribution in [2.24, 2.45) is 0 Å². The first kappa shape index (κ1) is 20.8. The van der Waals surface area contributed by atoms with E-state index in [2.05, 4.69) is 35.5 Å². The van der Waals surface area contributed by atoms with Gasteiger partial charge < -0.3 is 15.2 Å². The summed E-state index contributed by atoms with van der Waals surface area (Å²) < 4.78 is 0. The zero-order chi connectivity index (χ0) is 21.8. The molecule has 1 amide bonds. The first-order valence-electron chi connectivity index (χ1n) is 9.83. The molecule has 1 aromatic carbocycles. The summed E-state index contributed by atoms with van der Waals surface area (Å²) in [4.78, 5) is 41.8. The maximum absolute atomic E-state index is 12.2. The Morgan fingerprint density at radius 2 is 2.00 bits per heavy atom. The molecule has 0 aliphatic rings. The Bertz CT molecular complexity index is 1240. The van der Waals surface area contributed by atoms with Crippen LogP contribution in [0.15, 0.2) is 46.6 Å². The second-order valence-corrected chi connectivity index (χ2v) is 8.26. The van der Waals surface area contributed by atoms with Gasteiger partial charge in [-0.3, -0.25) is 19.9 Å². The van der Waals surface area contributed by atoms with Crippen LogP contribution in [0.25, 0.3) is 22.3 Å². The van der Waals surface area contributed by atoms with E-state index in [-0.39, 0.29) is 11.5 Å². The van der Waals surface area contributed by atoms with Crippen molar-refractivity contribution in [2.45, 2.75) is 6.42 Å². The summed E-state index contributed by atoms with van der Waals surface area (Å²) in [5.74, 6) is 0.595. The lowest BCUT2D eigenvalue weighted by Gasteiger charge is -2.10. The lowest BCUT2D eigenvalue weighted by molar-refractivity contribution is 0.103. The van der Waals surface area contributed by atoms with Gasteiger partial charge in [0.2, 0.25) is 11.9 Å². The Balaban J connectivity index is 1.52. The van der Waals surface area contributed by atoms with Crippen LogP contribution in [0.3, 0.4) is 0 Å². The number of hydrogen-bond donors (Lipinski definition) is 4. The molecule has 0 fully saturated rings. The van der Waals surface area contributed by atoms with Gasteiger partial charge in [-0.05, 0) is 50.6 Å². The van der Waals surface area contributed by atoms with Crippen molar-refractivity contribution < 1.29 is 4.79 Å². The molecular weight excluding hydrogens is 414 g/mol. The van der Waals surface area contributed by atoms with Crippen LogP contribution in [0.5, 0.6) is 0 Å². The normalized spacial score (nSPS) is 11.2. The maximum Gasteiger partial charge on any atom is 0.268 e. The van der Waals surface area contributed by atoms with Gasteiger partial charge in [-0.15, -0.1) is 11.3 Å². The molecule has 0 bridgehead atoms. The second-order valence-electron chi connectivity index (χ2n) is 7.31. The molecule has 4 N–H and O–H groups in total. The highest BCUT2D eigenvalue weighted by atomic mass is 32.1. The van der Waals surface area contributed by atoms with Gasteiger partial charge in [-0.2, -0.15) is 0 Å². The number of H-pyrrole nitrogens is 2. The van der Waals surface area contributed by atoms with E-state index < -0.39 is 0 Å². The van der Waals surface area contributed by atoms with Gasteiger partial charge in [0, 0.05) is 18.2 Å². The van der Waals surface area contributed by atoms with Crippen LogP contribution in [-0.2, 0) is 0 Å². The number of carbonyl (C=O) groups excluding carboxylic acids is 1. The number of thiophene rings is 1. The standard InChI is InChI=1S/C21H23N7O2S/c1-28(2)9-4-8-22-20-24-15(12-18(29)26-20)13-6-7-14-16(11-13)25-21(23-14)27-19(30)17-5-3-10-31-17/h3,5-7,10-12H,4,8-9H2,1-2H3,(H2,22,24,26,29)(H2,23,25,27,30). The number of hydrogen-bond acceptors (Lipinski definition) is 7. The minimum absolute atomic E-state index is 0.212. The first-order chi connectivity index (χ1) is 15.0. The zero-order valence-electron chi connectivity index (χ0n) is 17.2. The van der Waals surface area contributed by atoms with E-state index in [0.29, 0.717) is 34.5 Å². The van der Waals surface area contributed by atoms with Crippen LogP contribution in [0, 0.1) is 0 Å². The molecule has 0 aliphatic heterocycles. The van der Waals surface area contributed by atoms with Gasteiger partial charge in [-0.1, -0.05) is 12.1 Å². The fraction of sp³-hybridized carbons (Fsp3) is 0.238. The molecule has 0 saturated carbocycles. The molecule has 0 spiro atoms. The van der Waals surface area contributed by atoms with Crippen molar-refractivity contribution in [1.29, 1.82) is 0 Å². The average molecular weight is 438 g/mol. The van der Waals surface area contributed by atoms with E-state index in [9.17, 15) is 9.59 Å². The van der Waals surface area contributed by atoms with Crippen molar-refractivity contribution in [3.05, 3.63) is 57.0 Å². The molecule has 9 nitrogen and oxygen atoms in total. The lowest BCUT2D eigenvalue weighted by Crippen LogP contribution is -2.18. The average Bonchev–Trinajstić information content (AvgIpc) is 3.39. The van der Waals surface area contributed by atoms with Gasteiger partial charge in [-0.25, -0.2) is 9.97 Å². The second kappa shape index (κ2) is 9.11. The molecule has 10 heteroatoms. The third-order valence-corrected chi connectivity index (χ3v) is 5.44. The zero-order valence-corrected chi connectivity index (χ0v) is 18.0. The molecule has 0 aliphatic carbocycles. The van der Waals surface area contributed by atoms with Crippen molar-refractivity contribution in [2.75, 3.05) is 37.8 Å². The molecule has 3 heterocycles. The lowest BCUT2D eigenvalue weighted by atomic mass is 10.1. The molecule has 0 atom stereocenters. The number of nitrogens with one attached hydrogen (secondary N) is 4. The number of fused-ring (bicyclic) bond motifs is 1. The Labute approximate surface area is 182 Å². The fourth-order valence-electron chi connectivity index (χ4n) is 3.10. The van der Waals surface area contributed by atoms with Crippen molar-refractivity contribution in [3.8, 4) is 11.3 Å². The van der Waals surface area contributed by atoms with Gasteiger partial charge in [0.1, 0.15) is 0 Å². The van der Waals surface area contributed by atoms with Gasteiger partial charge in [0.25, 0.3) is 11.5 Å². The summed E-state index contributed by atoms with van der Waals surface area (Å²) in [6.07, 6.45) is 0.932. The predicted molar refractivity (Wildman–Crippen MR) is 124 cm³/mol. The van der Waals surface area contributed by atoms with Crippen molar-refractivity contribution in [1.82, 2.24) is 24.8 Å². The largest absolute Gasteiger partial charge is 0.356 e. The number of carbonyl (C=O) groups is 1. The third kappa shape index (κ3) is 5.16. The molecule has 0 saturated heterocycles. The molecule has 4 rings (SSSR count). The number of nitrogens with zero attached hydrogens (tertiary/aromatic N) is 3. The number of benzene rings is 1. The smallest absolute Gasteiger partial charge is 0.268 e. The summed E-state index contributed by atoms with van der Waals surface area (Å²) in [6.45, 7) is 1.65. The summed E-state index contributed by atoms with van der Waals surface area (Å²) in [7, 11) is 4.04. The summed E-state index contributed by atoms with van der Waals surface area (Å²) >= 11 is 1.36. The fourth-order valence-corrected chi connectivity index (χ4v) is 3.72. The highest BCUT2D eigenvalue weighted by molar-refractivity contribution is 7.12. The highest BCUT2D eigenvalue weighted by Gasteiger charge is 2.11. The highest BCUT2D eigenvalue weighted by Crippen LogP contribution is 2.23. The Hall–Kier alpha value is -3.50. The molecule has 4 aromatic rings. The van der Waals surface area contributed by atoms with Gasteiger partial charge >= 0.3 is 0 Å². The van der Waals surface area contributed by atoms with Crippen molar-refractivity contribution in [3.63, 3.8) is 0 Å². The number of anilines is 2. The van der Waals surface area contributed by atoms with Gasteiger partial charge in [0.15, 0.2) is 0 Å². The van der Waals surface area contributed by atoms with Crippen LogP contribution in [0.4, 0.5) is 11.9 Å². The molecule has 0 unspecified atom stereocenters.